The molecule has 0 aliphatic heterocycles. The highest BCUT2D eigenvalue weighted by Gasteiger charge is 2.02. The first-order chi connectivity index (χ1) is 9.72. The maximum atomic E-state index is 8.74. The molecule has 2 aromatic carbocycles. The summed E-state index contributed by atoms with van der Waals surface area (Å²) in [6.45, 7) is 1.99. The van der Waals surface area contributed by atoms with E-state index < -0.39 is 0 Å². The Kier molecular flexibility index (Phi) is 4.06. The highest BCUT2D eigenvalue weighted by atomic mass is 15.1. The van der Waals surface area contributed by atoms with Crippen molar-refractivity contribution in [2.24, 2.45) is 10.2 Å². The number of benzene rings is 2. The number of anilines is 1. The summed E-state index contributed by atoms with van der Waals surface area (Å²) in [5.41, 5.74) is 3.07. The van der Waals surface area contributed by atoms with E-state index in [0.717, 1.165) is 16.2 Å². The summed E-state index contributed by atoms with van der Waals surface area (Å²) >= 11 is 0. The molecule has 20 heavy (non-hydrogen) atoms. The molecule has 2 rings (SSSR count). The second kappa shape index (κ2) is 6.12. The van der Waals surface area contributed by atoms with Gasteiger partial charge in [0.05, 0.1) is 17.1 Å². The third kappa shape index (κ3) is 3.18. The molecule has 0 amide bonds. The van der Waals surface area contributed by atoms with Crippen LogP contribution in [0.15, 0.2) is 58.8 Å². The van der Waals surface area contributed by atoms with Crippen LogP contribution in [0.5, 0.6) is 0 Å². The molecule has 2 aromatic rings. The number of hydrogen-bond acceptors (Lipinski definition) is 5. The average molecular weight is 261 g/mol. The molecule has 5 heteroatoms. The van der Waals surface area contributed by atoms with Gasteiger partial charge in [-0.15, -0.1) is 0 Å². The Bertz CT molecular complexity index is 690. The monoisotopic (exact) mass is 261 g/mol. The third-order valence-corrected chi connectivity index (χ3v) is 2.59. The van der Waals surface area contributed by atoms with E-state index in [1.807, 2.05) is 31.2 Å². The van der Waals surface area contributed by atoms with Gasteiger partial charge in [-0.1, -0.05) is 12.1 Å². The van der Waals surface area contributed by atoms with Crippen molar-refractivity contribution < 1.29 is 0 Å². The molecule has 0 atom stereocenters. The minimum atomic E-state index is 0.504. The van der Waals surface area contributed by atoms with E-state index >= 15 is 0 Å². The molecule has 5 nitrogen and oxygen atoms in total. The molecule has 0 N–H and O–H groups in total. The summed E-state index contributed by atoms with van der Waals surface area (Å²) in [5, 5.41) is 25.7. The van der Waals surface area contributed by atoms with Gasteiger partial charge in [0, 0.05) is 0 Å². The highest BCUT2D eigenvalue weighted by molar-refractivity contribution is 5.58. The molecule has 0 unspecified atom stereocenters. The number of aryl methyl sites for hydroxylation is 1. The van der Waals surface area contributed by atoms with E-state index in [9.17, 15) is 0 Å². The zero-order valence-corrected chi connectivity index (χ0v) is 10.9. The lowest BCUT2D eigenvalue weighted by atomic mass is 10.2. The zero-order valence-electron chi connectivity index (χ0n) is 10.9. The maximum absolute atomic E-state index is 8.74. The van der Waals surface area contributed by atoms with E-state index in [-0.39, 0.29) is 0 Å². The standard InChI is InChI=1S/C15H11N5/c1-12-3-2-4-14(9-12)19-18-13-5-7-15(8-6-13)20(10-16)11-17/h2-9H,1H3. The fraction of sp³-hybridized carbons (Fsp3) is 0.0667. The summed E-state index contributed by atoms with van der Waals surface area (Å²) < 4.78 is 0. The Labute approximate surface area is 117 Å². The average Bonchev–Trinajstić information content (AvgIpc) is 2.48. The molecule has 0 aromatic heterocycles. The van der Waals surface area contributed by atoms with Crippen molar-refractivity contribution in [1.82, 2.24) is 0 Å². The Morgan fingerprint density at radius 3 is 2.15 bits per heavy atom. The highest BCUT2D eigenvalue weighted by Crippen LogP contribution is 2.22. The predicted molar refractivity (Wildman–Crippen MR) is 75.5 cm³/mol. The van der Waals surface area contributed by atoms with Gasteiger partial charge in [-0.05, 0) is 48.9 Å². The van der Waals surface area contributed by atoms with Crippen molar-refractivity contribution in [3.05, 3.63) is 54.1 Å². The Hall–Kier alpha value is -3.18. The molecule has 0 radical (unpaired) electrons. The van der Waals surface area contributed by atoms with Crippen molar-refractivity contribution in [1.29, 1.82) is 10.5 Å². The summed E-state index contributed by atoms with van der Waals surface area (Å²) in [4.78, 5) is 0.918. The summed E-state index contributed by atoms with van der Waals surface area (Å²) in [5.74, 6) is 0. The number of rotatable bonds is 3. The first-order valence-electron chi connectivity index (χ1n) is 5.91. The Morgan fingerprint density at radius 2 is 1.55 bits per heavy atom. The van der Waals surface area contributed by atoms with Crippen LogP contribution < -0.4 is 4.90 Å². The van der Waals surface area contributed by atoms with Crippen molar-refractivity contribution in [3.63, 3.8) is 0 Å². The lowest BCUT2D eigenvalue weighted by Gasteiger charge is -2.04. The molecular formula is C15H11N5. The van der Waals surface area contributed by atoms with Gasteiger partial charge in [0.2, 0.25) is 0 Å². The number of nitrogens with zero attached hydrogens (tertiary/aromatic N) is 5. The van der Waals surface area contributed by atoms with E-state index in [4.69, 9.17) is 10.5 Å². The van der Waals surface area contributed by atoms with E-state index in [1.54, 1.807) is 36.7 Å². The van der Waals surface area contributed by atoms with Crippen LogP contribution in [0.1, 0.15) is 5.56 Å². The molecule has 0 fully saturated rings. The second-order valence-electron chi connectivity index (χ2n) is 4.09. The van der Waals surface area contributed by atoms with Crippen molar-refractivity contribution in [2.45, 2.75) is 6.92 Å². The molecule has 0 spiro atoms. The molecule has 0 heterocycles. The topological polar surface area (TPSA) is 75.5 Å². The van der Waals surface area contributed by atoms with Crippen molar-refractivity contribution in [3.8, 4) is 12.4 Å². The smallest absolute Gasteiger partial charge is 0.183 e. The van der Waals surface area contributed by atoms with Crippen molar-refractivity contribution in [2.75, 3.05) is 4.90 Å². The summed E-state index contributed by atoms with van der Waals surface area (Å²) in [7, 11) is 0. The van der Waals surface area contributed by atoms with Gasteiger partial charge in [-0.25, -0.2) is 0 Å². The molecule has 0 saturated carbocycles. The fourth-order valence-corrected chi connectivity index (χ4v) is 1.61. The molecule has 0 aliphatic rings. The fourth-order valence-electron chi connectivity index (χ4n) is 1.61. The van der Waals surface area contributed by atoms with Crippen LogP contribution in [-0.4, -0.2) is 0 Å². The molecule has 0 aliphatic carbocycles. The van der Waals surface area contributed by atoms with E-state index in [2.05, 4.69) is 10.2 Å². The first-order valence-corrected chi connectivity index (χ1v) is 5.91. The van der Waals surface area contributed by atoms with Gasteiger partial charge >= 0.3 is 0 Å². The lowest BCUT2D eigenvalue weighted by molar-refractivity contribution is 1.22. The van der Waals surface area contributed by atoms with Gasteiger partial charge in [-0.2, -0.15) is 25.7 Å². The van der Waals surface area contributed by atoms with E-state index in [0.29, 0.717) is 11.4 Å². The summed E-state index contributed by atoms with van der Waals surface area (Å²) in [6, 6.07) is 14.4. The molecular weight excluding hydrogens is 250 g/mol. The van der Waals surface area contributed by atoms with Gasteiger partial charge in [-0.3, -0.25) is 0 Å². The Morgan fingerprint density at radius 1 is 0.900 bits per heavy atom. The predicted octanol–water partition coefficient (Wildman–Crippen LogP) is 4.18. The first kappa shape index (κ1) is 13.3. The van der Waals surface area contributed by atoms with Gasteiger partial charge in [0.25, 0.3) is 0 Å². The van der Waals surface area contributed by atoms with Gasteiger partial charge in [0.15, 0.2) is 12.4 Å². The van der Waals surface area contributed by atoms with Crippen LogP contribution in [0.4, 0.5) is 17.1 Å². The number of azo groups is 1. The zero-order chi connectivity index (χ0) is 14.4. The van der Waals surface area contributed by atoms with Crippen LogP contribution in [0, 0.1) is 29.8 Å². The number of nitriles is 2. The van der Waals surface area contributed by atoms with Gasteiger partial charge in [0.1, 0.15) is 0 Å². The van der Waals surface area contributed by atoms with Crippen LogP contribution in [0.3, 0.4) is 0 Å². The molecule has 0 bridgehead atoms. The van der Waals surface area contributed by atoms with E-state index in [1.165, 1.54) is 0 Å². The van der Waals surface area contributed by atoms with Crippen LogP contribution >= 0.6 is 0 Å². The van der Waals surface area contributed by atoms with Crippen molar-refractivity contribution >= 4 is 17.1 Å². The molecule has 96 valence electrons. The third-order valence-electron chi connectivity index (χ3n) is 2.59. The lowest BCUT2D eigenvalue weighted by Crippen LogP contribution is -2.06. The van der Waals surface area contributed by atoms with Crippen LogP contribution in [0.2, 0.25) is 0 Å². The SMILES string of the molecule is Cc1cccc(N=Nc2ccc(N(C#N)C#N)cc2)c1. The molecule has 0 saturated heterocycles. The van der Waals surface area contributed by atoms with Crippen LogP contribution in [-0.2, 0) is 0 Å². The van der Waals surface area contributed by atoms with Crippen LogP contribution in [0.25, 0.3) is 0 Å². The normalized spacial score (nSPS) is 9.95. The largest absolute Gasteiger partial charge is 0.198 e. The van der Waals surface area contributed by atoms with Gasteiger partial charge < -0.3 is 0 Å². The summed E-state index contributed by atoms with van der Waals surface area (Å²) in [6.07, 6.45) is 3.54. The second-order valence-corrected chi connectivity index (χ2v) is 4.09. The maximum Gasteiger partial charge on any atom is 0.198 e. The minimum absolute atomic E-state index is 0.504. The minimum Gasteiger partial charge on any atom is -0.183 e. The quantitative estimate of drug-likeness (QED) is 0.472. The number of hydrogen-bond donors (Lipinski definition) is 0. The Balaban J connectivity index is 2.16.